The molecule has 0 saturated carbocycles. The maximum atomic E-state index is 13.1. The zero-order valence-electron chi connectivity index (χ0n) is 16.6. The zero-order valence-corrected chi connectivity index (χ0v) is 17.4. The molecule has 0 aliphatic carbocycles. The number of carbonyl (C=O) groups excluding carboxylic acids is 1. The lowest BCUT2D eigenvalue weighted by Crippen LogP contribution is -2.25. The van der Waals surface area contributed by atoms with E-state index in [0.29, 0.717) is 41.4 Å². The Morgan fingerprint density at radius 2 is 1.77 bits per heavy atom. The van der Waals surface area contributed by atoms with Gasteiger partial charge in [-0.15, -0.1) is 0 Å². The molecule has 2 aromatic heterocycles. The normalized spacial score (nSPS) is 15.3. The van der Waals surface area contributed by atoms with Crippen LogP contribution in [0, 0.1) is 0 Å². The third-order valence-electron chi connectivity index (χ3n) is 5.30. The average molecular weight is 433 g/mol. The third kappa shape index (κ3) is 3.55. The summed E-state index contributed by atoms with van der Waals surface area (Å²) >= 11 is 0. The van der Waals surface area contributed by atoms with Crippen molar-refractivity contribution in [2.45, 2.75) is 6.42 Å². The summed E-state index contributed by atoms with van der Waals surface area (Å²) in [6, 6.07) is 22.0. The summed E-state index contributed by atoms with van der Waals surface area (Å²) in [6.07, 6.45) is 2.43. The van der Waals surface area contributed by atoms with E-state index in [1.54, 1.807) is 24.3 Å². The van der Waals surface area contributed by atoms with E-state index in [1.807, 2.05) is 59.1 Å². The van der Waals surface area contributed by atoms with Gasteiger partial charge >= 0.3 is 0 Å². The van der Waals surface area contributed by atoms with Gasteiger partial charge in [-0.1, -0.05) is 42.5 Å². The maximum Gasteiger partial charge on any atom is 0.256 e. The standard InChI is InChI=1S/C23H20N4O3S/c28-23(18-10-6-11-19(16-18)27-14-7-15-31(27,29)30)25-22-21(17-8-2-1-3-9-17)24-20-12-4-5-13-26(20)22/h1-6,8-13,16H,7,14-15H2,(H,25,28). The number of hydrogen-bond donors (Lipinski definition) is 1. The lowest BCUT2D eigenvalue weighted by atomic mass is 10.1. The molecule has 0 unspecified atom stereocenters. The number of anilines is 2. The van der Waals surface area contributed by atoms with Crippen LogP contribution in [-0.2, 0) is 10.0 Å². The number of benzene rings is 2. The fraction of sp³-hybridized carbons (Fsp3) is 0.130. The molecule has 1 saturated heterocycles. The second kappa shape index (κ2) is 7.55. The van der Waals surface area contributed by atoms with Crippen LogP contribution in [-0.4, -0.2) is 36.0 Å². The Balaban J connectivity index is 1.52. The quantitative estimate of drug-likeness (QED) is 0.532. The fourth-order valence-electron chi connectivity index (χ4n) is 3.82. The van der Waals surface area contributed by atoms with Crippen molar-refractivity contribution >= 4 is 33.1 Å². The SMILES string of the molecule is O=C(Nc1c(-c2ccccc2)nc2ccccn12)c1cccc(N2CCCS2(=O)=O)c1. The first-order valence-corrected chi connectivity index (χ1v) is 11.6. The molecule has 7 nitrogen and oxygen atoms in total. The van der Waals surface area contributed by atoms with Gasteiger partial charge in [-0.05, 0) is 36.8 Å². The van der Waals surface area contributed by atoms with Gasteiger partial charge in [0.2, 0.25) is 10.0 Å². The molecule has 31 heavy (non-hydrogen) atoms. The van der Waals surface area contributed by atoms with E-state index in [1.165, 1.54) is 4.31 Å². The number of aromatic nitrogens is 2. The number of nitrogens with zero attached hydrogens (tertiary/aromatic N) is 3. The van der Waals surface area contributed by atoms with Gasteiger partial charge in [0.1, 0.15) is 17.2 Å². The van der Waals surface area contributed by atoms with Crippen LogP contribution in [0.15, 0.2) is 79.0 Å². The molecule has 1 aliphatic rings. The highest BCUT2D eigenvalue weighted by Gasteiger charge is 2.29. The number of hydrogen-bond acceptors (Lipinski definition) is 4. The van der Waals surface area contributed by atoms with Crippen molar-refractivity contribution < 1.29 is 13.2 Å². The van der Waals surface area contributed by atoms with Gasteiger partial charge in [-0.2, -0.15) is 0 Å². The monoisotopic (exact) mass is 432 g/mol. The van der Waals surface area contributed by atoms with Crippen molar-refractivity contribution in [2.24, 2.45) is 0 Å². The number of pyridine rings is 1. The Morgan fingerprint density at radius 3 is 2.55 bits per heavy atom. The molecule has 1 aliphatic heterocycles. The molecule has 1 N–H and O–H groups in total. The molecule has 0 atom stereocenters. The predicted molar refractivity (Wildman–Crippen MR) is 121 cm³/mol. The van der Waals surface area contributed by atoms with Crippen LogP contribution in [0.25, 0.3) is 16.9 Å². The van der Waals surface area contributed by atoms with Gasteiger partial charge in [0, 0.05) is 23.9 Å². The minimum atomic E-state index is -3.32. The van der Waals surface area contributed by atoms with Gasteiger partial charge < -0.3 is 5.32 Å². The minimum Gasteiger partial charge on any atom is -0.306 e. The first kappa shape index (κ1) is 19.3. The van der Waals surface area contributed by atoms with E-state index in [4.69, 9.17) is 0 Å². The van der Waals surface area contributed by atoms with Crippen LogP contribution >= 0.6 is 0 Å². The van der Waals surface area contributed by atoms with Crippen molar-refractivity contribution in [1.82, 2.24) is 9.38 Å². The minimum absolute atomic E-state index is 0.131. The average Bonchev–Trinajstić information content (AvgIpc) is 3.34. The summed E-state index contributed by atoms with van der Waals surface area (Å²) in [6.45, 7) is 0.429. The van der Waals surface area contributed by atoms with Crippen molar-refractivity contribution in [3.63, 3.8) is 0 Å². The molecular weight excluding hydrogens is 412 g/mol. The summed E-state index contributed by atoms with van der Waals surface area (Å²) in [7, 11) is -3.32. The van der Waals surface area contributed by atoms with Crippen molar-refractivity contribution in [1.29, 1.82) is 0 Å². The summed E-state index contributed by atoms with van der Waals surface area (Å²) in [5, 5.41) is 2.98. The summed E-state index contributed by atoms with van der Waals surface area (Å²) in [4.78, 5) is 17.8. The molecule has 1 amide bonds. The van der Waals surface area contributed by atoms with Crippen LogP contribution in [0.1, 0.15) is 16.8 Å². The Labute approximate surface area is 180 Å². The fourth-order valence-corrected chi connectivity index (χ4v) is 5.38. The van der Waals surface area contributed by atoms with Crippen LogP contribution < -0.4 is 9.62 Å². The summed E-state index contributed by atoms with van der Waals surface area (Å²) in [5.41, 5.74) is 3.15. The third-order valence-corrected chi connectivity index (χ3v) is 7.17. The molecule has 5 rings (SSSR count). The zero-order chi connectivity index (χ0) is 21.4. The number of amides is 1. The molecular formula is C23H20N4O3S. The number of sulfonamides is 1. The van der Waals surface area contributed by atoms with E-state index < -0.39 is 10.0 Å². The topological polar surface area (TPSA) is 83.8 Å². The maximum absolute atomic E-state index is 13.1. The smallest absolute Gasteiger partial charge is 0.256 e. The number of fused-ring (bicyclic) bond motifs is 1. The van der Waals surface area contributed by atoms with Crippen LogP contribution in [0.3, 0.4) is 0 Å². The van der Waals surface area contributed by atoms with E-state index in [9.17, 15) is 13.2 Å². The highest BCUT2D eigenvalue weighted by atomic mass is 32.2. The lowest BCUT2D eigenvalue weighted by Gasteiger charge is -2.17. The number of nitrogens with one attached hydrogen (secondary N) is 1. The molecule has 0 bridgehead atoms. The second-order valence-electron chi connectivity index (χ2n) is 7.35. The Bertz CT molecular complexity index is 1380. The lowest BCUT2D eigenvalue weighted by molar-refractivity contribution is 0.102. The Hall–Kier alpha value is -3.65. The van der Waals surface area contributed by atoms with Crippen LogP contribution in [0.4, 0.5) is 11.5 Å². The van der Waals surface area contributed by atoms with Gasteiger partial charge in [-0.25, -0.2) is 13.4 Å². The first-order valence-electron chi connectivity index (χ1n) is 9.97. The number of carbonyl (C=O) groups is 1. The molecule has 4 aromatic rings. The van der Waals surface area contributed by atoms with E-state index >= 15 is 0 Å². The van der Waals surface area contributed by atoms with Gasteiger partial charge in [0.15, 0.2) is 0 Å². The van der Waals surface area contributed by atoms with E-state index in [0.717, 1.165) is 5.56 Å². The van der Waals surface area contributed by atoms with E-state index in [-0.39, 0.29) is 11.7 Å². The molecule has 0 spiro atoms. The van der Waals surface area contributed by atoms with Crippen molar-refractivity contribution in [3.05, 3.63) is 84.6 Å². The number of imidazole rings is 1. The second-order valence-corrected chi connectivity index (χ2v) is 9.36. The summed E-state index contributed by atoms with van der Waals surface area (Å²) < 4.78 is 27.7. The van der Waals surface area contributed by atoms with Crippen LogP contribution in [0.5, 0.6) is 0 Å². The molecule has 0 radical (unpaired) electrons. The van der Waals surface area contributed by atoms with Gasteiger partial charge in [0.05, 0.1) is 11.4 Å². The van der Waals surface area contributed by atoms with Crippen LogP contribution in [0.2, 0.25) is 0 Å². The largest absolute Gasteiger partial charge is 0.306 e. The molecule has 2 aromatic carbocycles. The Kier molecular flexibility index (Phi) is 4.71. The van der Waals surface area contributed by atoms with Crippen molar-refractivity contribution in [2.75, 3.05) is 21.9 Å². The predicted octanol–water partition coefficient (Wildman–Crippen LogP) is 3.79. The molecule has 1 fully saturated rings. The first-order chi connectivity index (χ1) is 15.0. The Morgan fingerprint density at radius 1 is 0.968 bits per heavy atom. The highest BCUT2D eigenvalue weighted by molar-refractivity contribution is 7.93. The van der Waals surface area contributed by atoms with Crippen molar-refractivity contribution in [3.8, 4) is 11.3 Å². The highest BCUT2D eigenvalue weighted by Crippen LogP contribution is 2.30. The number of rotatable bonds is 4. The molecule has 8 heteroatoms. The van der Waals surface area contributed by atoms with E-state index in [2.05, 4.69) is 10.3 Å². The molecule has 3 heterocycles. The summed E-state index contributed by atoms with van der Waals surface area (Å²) in [5.74, 6) is 0.360. The molecule has 156 valence electrons. The van der Waals surface area contributed by atoms with Gasteiger partial charge in [0.25, 0.3) is 5.91 Å². The van der Waals surface area contributed by atoms with Gasteiger partial charge in [-0.3, -0.25) is 13.5 Å².